The zero-order valence-corrected chi connectivity index (χ0v) is 13.8. The van der Waals surface area contributed by atoms with Crippen LogP contribution in [0.2, 0.25) is 0 Å². The Hall–Kier alpha value is -2.05. The number of nitrogens with zero attached hydrogens (tertiary/aromatic N) is 2. The Kier molecular flexibility index (Phi) is 5.51. The van der Waals surface area contributed by atoms with Gasteiger partial charge in [-0.1, -0.05) is 6.92 Å². The van der Waals surface area contributed by atoms with E-state index in [4.69, 9.17) is 0 Å². The molecule has 1 aliphatic rings. The number of benzene rings is 1. The van der Waals surface area contributed by atoms with E-state index in [9.17, 15) is 22.8 Å². The Labute approximate surface area is 139 Å². The van der Waals surface area contributed by atoms with Crippen LogP contribution in [-0.2, 0) is 15.8 Å². The van der Waals surface area contributed by atoms with Crippen LogP contribution in [0, 0.1) is 5.92 Å². The van der Waals surface area contributed by atoms with E-state index in [-0.39, 0.29) is 24.0 Å². The molecule has 2 rings (SSSR count). The molecule has 132 valence electrons. The maximum atomic E-state index is 12.6. The van der Waals surface area contributed by atoms with Crippen LogP contribution in [0.3, 0.4) is 0 Å². The Morgan fingerprint density at radius 1 is 1.17 bits per heavy atom. The minimum Gasteiger partial charge on any atom is -0.341 e. The monoisotopic (exact) mass is 342 g/mol. The molecule has 7 heteroatoms. The molecule has 24 heavy (non-hydrogen) atoms. The number of hydrogen-bond donors (Lipinski definition) is 0. The van der Waals surface area contributed by atoms with Gasteiger partial charge in [-0.2, -0.15) is 13.2 Å². The first-order valence-corrected chi connectivity index (χ1v) is 7.91. The van der Waals surface area contributed by atoms with Crippen molar-refractivity contribution in [2.45, 2.75) is 32.9 Å². The van der Waals surface area contributed by atoms with Gasteiger partial charge in [0.1, 0.15) is 6.54 Å². The van der Waals surface area contributed by atoms with Crippen molar-refractivity contribution < 1.29 is 22.8 Å². The van der Waals surface area contributed by atoms with Crippen molar-refractivity contribution in [1.82, 2.24) is 4.90 Å². The first-order chi connectivity index (χ1) is 11.2. The van der Waals surface area contributed by atoms with E-state index >= 15 is 0 Å². The first kappa shape index (κ1) is 18.3. The van der Waals surface area contributed by atoms with Gasteiger partial charge in [0.15, 0.2) is 0 Å². The third kappa shape index (κ3) is 4.49. The molecule has 1 fully saturated rings. The fraction of sp³-hybridized carbons (Fsp3) is 0.529. The lowest BCUT2D eigenvalue weighted by Crippen LogP contribution is -2.45. The van der Waals surface area contributed by atoms with Crippen LogP contribution < -0.4 is 4.90 Å². The van der Waals surface area contributed by atoms with E-state index in [0.717, 1.165) is 25.0 Å². The molecule has 0 bridgehead atoms. The zero-order valence-electron chi connectivity index (χ0n) is 13.8. The second-order valence-corrected chi connectivity index (χ2v) is 6.21. The van der Waals surface area contributed by atoms with Gasteiger partial charge in [-0.15, -0.1) is 0 Å². The molecular weight excluding hydrogens is 321 g/mol. The maximum Gasteiger partial charge on any atom is 0.416 e. The van der Waals surface area contributed by atoms with Crippen LogP contribution in [-0.4, -0.2) is 36.3 Å². The minimum atomic E-state index is -4.43. The number of carbonyl (C=O) groups excluding carboxylic acids is 2. The highest BCUT2D eigenvalue weighted by Gasteiger charge is 2.30. The number of alkyl halides is 3. The van der Waals surface area contributed by atoms with E-state index < -0.39 is 11.7 Å². The topological polar surface area (TPSA) is 40.6 Å². The molecule has 1 aliphatic heterocycles. The van der Waals surface area contributed by atoms with Crippen molar-refractivity contribution in [2.24, 2.45) is 5.92 Å². The van der Waals surface area contributed by atoms with E-state index in [2.05, 4.69) is 6.92 Å². The molecular formula is C17H21F3N2O2. The molecule has 1 heterocycles. The van der Waals surface area contributed by atoms with Gasteiger partial charge in [-0.25, -0.2) is 0 Å². The summed E-state index contributed by atoms with van der Waals surface area (Å²) in [7, 11) is 0. The molecule has 2 amide bonds. The summed E-state index contributed by atoms with van der Waals surface area (Å²) in [4.78, 5) is 27.1. The number of carbonyl (C=O) groups is 2. The zero-order chi connectivity index (χ0) is 17.9. The van der Waals surface area contributed by atoms with E-state index in [1.807, 2.05) is 0 Å². The van der Waals surface area contributed by atoms with Crippen molar-refractivity contribution in [3.63, 3.8) is 0 Å². The molecule has 0 spiro atoms. The molecule has 4 nitrogen and oxygen atoms in total. The van der Waals surface area contributed by atoms with Crippen molar-refractivity contribution >= 4 is 17.5 Å². The highest BCUT2D eigenvalue weighted by molar-refractivity contribution is 5.97. The smallest absolute Gasteiger partial charge is 0.341 e. The van der Waals surface area contributed by atoms with Crippen LogP contribution in [0.1, 0.15) is 32.3 Å². The highest BCUT2D eigenvalue weighted by Crippen LogP contribution is 2.30. The maximum absolute atomic E-state index is 12.6. The predicted molar refractivity (Wildman–Crippen MR) is 84.4 cm³/mol. The van der Waals surface area contributed by atoms with Crippen LogP contribution >= 0.6 is 0 Å². The molecule has 0 N–H and O–H groups in total. The van der Waals surface area contributed by atoms with E-state index in [1.165, 1.54) is 24.0 Å². The molecule has 0 radical (unpaired) electrons. The summed E-state index contributed by atoms with van der Waals surface area (Å²) in [5.41, 5.74) is -0.500. The van der Waals surface area contributed by atoms with Crippen molar-refractivity contribution in [3.05, 3.63) is 29.8 Å². The fourth-order valence-electron chi connectivity index (χ4n) is 2.71. The highest BCUT2D eigenvalue weighted by atomic mass is 19.4. The Morgan fingerprint density at radius 3 is 2.17 bits per heavy atom. The molecule has 0 saturated carbocycles. The summed E-state index contributed by atoms with van der Waals surface area (Å²) in [6.45, 7) is 4.57. The number of anilines is 1. The Balaban J connectivity index is 2.09. The van der Waals surface area contributed by atoms with Gasteiger partial charge in [-0.3, -0.25) is 9.59 Å². The lowest BCUT2D eigenvalue weighted by Gasteiger charge is -2.32. The summed E-state index contributed by atoms with van der Waals surface area (Å²) in [6.07, 6.45) is -2.59. The normalized spacial score (nSPS) is 16.1. The fourth-order valence-corrected chi connectivity index (χ4v) is 2.71. The number of piperidine rings is 1. The molecule has 1 saturated heterocycles. The molecule has 1 aromatic carbocycles. The second-order valence-electron chi connectivity index (χ2n) is 6.21. The largest absolute Gasteiger partial charge is 0.416 e. The van der Waals surface area contributed by atoms with Crippen LogP contribution in [0.4, 0.5) is 18.9 Å². The summed E-state index contributed by atoms with van der Waals surface area (Å²) in [6, 6.07) is 4.27. The average molecular weight is 342 g/mol. The standard InChI is InChI=1S/C17H21F3N2O2/c1-12-7-9-21(10-8-12)16(24)11-22(13(2)23)15-5-3-14(4-6-15)17(18,19)20/h3-6,12H,7-11H2,1-2H3. The summed E-state index contributed by atoms with van der Waals surface area (Å²) in [5, 5.41) is 0. The lowest BCUT2D eigenvalue weighted by molar-refractivity contribution is -0.137. The molecule has 0 atom stereocenters. The summed E-state index contributed by atoms with van der Waals surface area (Å²) in [5.74, 6) is 0.0124. The van der Waals surface area contributed by atoms with Gasteiger partial charge < -0.3 is 9.80 Å². The van der Waals surface area contributed by atoms with E-state index in [0.29, 0.717) is 19.0 Å². The SMILES string of the molecule is CC(=O)N(CC(=O)N1CCC(C)CC1)c1ccc(C(F)(F)F)cc1. The van der Waals surface area contributed by atoms with Crippen LogP contribution in [0.15, 0.2) is 24.3 Å². The first-order valence-electron chi connectivity index (χ1n) is 7.91. The predicted octanol–water partition coefficient (Wildman–Crippen LogP) is 3.32. The lowest BCUT2D eigenvalue weighted by atomic mass is 9.99. The van der Waals surface area contributed by atoms with Gasteiger partial charge in [0.25, 0.3) is 0 Å². The van der Waals surface area contributed by atoms with Gasteiger partial charge in [-0.05, 0) is 43.0 Å². The van der Waals surface area contributed by atoms with Gasteiger partial charge in [0.2, 0.25) is 11.8 Å². The number of rotatable bonds is 3. The number of likely N-dealkylation sites (tertiary alicyclic amines) is 1. The Bertz CT molecular complexity index is 591. The summed E-state index contributed by atoms with van der Waals surface area (Å²) >= 11 is 0. The minimum absolute atomic E-state index is 0.158. The number of halogens is 3. The number of hydrogen-bond acceptors (Lipinski definition) is 2. The second kappa shape index (κ2) is 7.23. The van der Waals surface area contributed by atoms with Crippen molar-refractivity contribution in [3.8, 4) is 0 Å². The summed E-state index contributed by atoms with van der Waals surface area (Å²) < 4.78 is 37.9. The van der Waals surface area contributed by atoms with Gasteiger partial charge in [0, 0.05) is 25.7 Å². The van der Waals surface area contributed by atoms with Crippen LogP contribution in [0.25, 0.3) is 0 Å². The van der Waals surface area contributed by atoms with Crippen molar-refractivity contribution in [1.29, 1.82) is 0 Å². The molecule has 0 aromatic heterocycles. The molecule has 1 aromatic rings. The number of amides is 2. The van der Waals surface area contributed by atoms with E-state index in [1.54, 1.807) is 4.90 Å². The van der Waals surface area contributed by atoms with Gasteiger partial charge in [0.05, 0.1) is 5.56 Å². The van der Waals surface area contributed by atoms with Gasteiger partial charge >= 0.3 is 6.18 Å². The molecule has 0 unspecified atom stereocenters. The average Bonchev–Trinajstić information content (AvgIpc) is 2.52. The Morgan fingerprint density at radius 2 is 1.71 bits per heavy atom. The van der Waals surface area contributed by atoms with Crippen LogP contribution in [0.5, 0.6) is 0 Å². The quantitative estimate of drug-likeness (QED) is 0.845. The third-order valence-electron chi connectivity index (χ3n) is 4.32. The molecule has 0 aliphatic carbocycles. The van der Waals surface area contributed by atoms with Crippen molar-refractivity contribution in [2.75, 3.05) is 24.5 Å². The third-order valence-corrected chi connectivity index (χ3v) is 4.32.